The molecule has 2 heterocycles. The third-order valence-electron chi connectivity index (χ3n) is 4.25. The summed E-state index contributed by atoms with van der Waals surface area (Å²) in [7, 11) is 0. The van der Waals surface area contributed by atoms with Gasteiger partial charge in [0.15, 0.2) is 0 Å². The molecule has 0 spiro atoms. The number of nitrogens with zero attached hydrogens (tertiary/aromatic N) is 1. The van der Waals surface area contributed by atoms with E-state index >= 15 is 0 Å². The van der Waals surface area contributed by atoms with Gasteiger partial charge in [-0.25, -0.2) is 0 Å². The number of anilines is 1. The molecule has 1 aromatic carbocycles. The Kier molecular flexibility index (Phi) is 3.20. The fourth-order valence-electron chi connectivity index (χ4n) is 3.10. The van der Waals surface area contributed by atoms with E-state index in [-0.39, 0.29) is 0 Å². The zero-order valence-corrected chi connectivity index (χ0v) is 16.1. The van der Waals surface area contributed by atoms with Crippen molar-refractivity contribution in [3.63, 3.8) is 0 Å². The molecule has 0 bridgehead atoms. The van der Waals surface area contributed by atoms with Crippen LogP contribution >= 0.6 is 0 Å². The number of aryl methyl sites for hydroxylation is 1. The summed E-state index contributed by atoms with van der Waals surface area (Å²) in [5.74, 6) is 0. The maximum absolute atomic E-state index is 3.56. The molecule has 2 nitrogen and oxygen atoms in total. The minimum atomic E-state index is 0.525. The van der Waals surface area contributed by atoms with Crippen molar-refractivity contribution in [2.24, 2.45) is 0 Å². The molecule has 17 heavy (non-hydrogen) atoms. The average molecular weight is 416 g/mol. The summed E-state index contributed by atoms with van der Waals surface area (Å²) < 4.78 is 0.525. The quantitative estimate of drug-likeness (QED) is 0.742. The molecular formula is C14H19HgN2. The van der Waals surface area contributed by atoms with Gasteiger partial charge in [0.25, 0.3) is 0 Å². The minimum absolute atomic E-state index is 0.525. The van der Waals surface area contributed by atoms with Crippen LogP contribution in [-0.2, 0) is 39.0 Å². The zero-order chi connectivity index (χ0) is 11.9. The fraction of sp³-hybridized carbons (Fsp3) is 0.571. The monoisotopic (exact) mass is 417 g/mol. The van der Waals surface area contributed by atoms with E-state index in [1.807, 2.05) is 0 Å². The molecule has 1 unspecified atom stereocenters. The van der Waals surface area contributed by atoms with Gasteiger partial charge in [0.1, 0.15) is 0 Å². The first-order valence-electron chi connectivity index (χ1n) is 6.68. The molecule has 0 amide bonds. The number of hydrogen-bond donors (Lipinski definition) is 1. The Hall–Kier alpha value is -0.0849. The van der Waals surface area contributed by atoms with Crippen molar-refractivity contribution in [2.45, 2.75) is 29.2 Å². The second-order valence-electron chi connectivity index (χ2n) is 5.37. The van der Waals surface area contributed by atoms with E-state index in [0.717, 1.165) is 32.5 Å². The van der Waals surface area contributed by atoms with Gasteiger partial charge >= 0.3 is 120 Å². The van der Waals surface area contributed by atoms with Crippen molar-refractivity contribution in [3.05, 3.63) is 29.3 Å². The van der Waals surface area contributed by atoms with Gasteiger partial charge in [0, 0.05) is 0 Å². The molecule has 1 aromatic rings. The Bertz CT molecular complexity index is 424. The third kappa shape index (κ3) is 2.03. The Balaban J connectivity index is 1.96. The summed E-state index contributed by atoms with van der Waals surface area (Å²) in [6.07, 6.45) is 3.75. The molecule has 2 aliphatic heterocycles. The molecule has 1 N–H and O–H groups in total. The predicted octanol–water partition coefficient (Wildman–Crippen LogP) is 1.85. The van der Waals surface area contributed by atoms with Crippen LogP contribution in [0.1, 0.15) is 24.5 Å². The van der Waals surface area contributed by atoms with Crippen LogP contribution in [0.25, 0.3) is 0 Å². The van der Waals surface area contributed by atoms with Crippen LogP contribution < -0.4 is 10.2 Å². The van der Waals surface area contributed by atoms with Gasteiger partial charge in [0.05, 0.1) is 0 Å². The van der Waals surface area contributed by atoms with Crippen molar-refractivity contribution in [1.29, 1.82) is 0 Å². The molecule has 0 aliphatic carbocycles. The van der Waals surface area contributed by atoms with Crippen LogP contribution in [0.2, 0.25) is 0 Å². The molecule has 0 radical (unpaired) electrons. The van der Waals surface area contributed by atoms with Crippen LogP contribution in [-0.4, -0.2) is 22.7 Å². The van der Waals surface area contributed by atoms with Gasteiger partial charge in [-0.05, 0) is 0 Å². The molecule has 87 valence electrons. The summed E-state index contributed by atoms with van der Waals surface area (Å²) in [6, 6.07) is 7.10. The summed E-state index contributed by atoms with van der Waals surface area (Å²) in [4.78, 5) is 2.73. The first-order valence-corrected chi connectivity index (χ1v) is 9.43. The van der Waals surface area contributed by atoms with Crippen LogP contribution in [0.3, 0.4) is 0 Å². The van der Waals surface area contributed by atoms with E-state index in [0.29, 0.717) is 3.05 Å². The number of benzene rings is 1. The maximum atomic E-state index is 3.56. The van der Waals surface area contributed by atoms with Gasteiger partial charge in [-0.15, -0.1) is 0 Å². The first-order chi connectivity index (χ1) is 8.23. The number of rotatable bonds is 2. The average Bonchev–Trinajstić information content (AvgIpc) is 2.95. The topological polar surface area (TPSA) is 15.3 Å². The fourth-order valence-corrected chi connectivity index (χ4v) is 5.75. The van der Waals surface area contributed by atoms with Crippen molar-refractivity contribution in [3.8, 4) is 0 Å². The standard InChI is InChI=1S/C14H19N2.Hg/c1-2-11-3-4-12-6-8-16(14(12)9-11)13-5-7-15-10-13;/h3-4,9,15H,2,5-8,10H2,1H3;. The third-order valence-corrected chi connectivity index (χ3v) is 8.08. The van der Waals surface area contributed by atoms with E-state index in [9.17, 15) is 0 Å². The SMILES string of the molecule is CCc1ccc2c(c1)N([C]1([Hg])CCNC1)CC2. The number of fused-ring (bicyclic) bond motifs is 1. The number of hydrogen-bond acceptors (Lipinski definition) is 2. The van der Waals surface area contributed by atoms with Crippen molar-refractivity contribution >= 4 is 5.69 Å². The van der Waals surface area contributed by atoms with Crippen molar-refractivity contribution in [2.75, 3.05) is 24.5 Å². The first kappa shape index (κ1) is 12.0. The van der Waals surface area contributed by atoms with Crippen molar-refractivity contribution in [1.82, 2.24) is 5.32 Å². The van der Waals surface area contributed by atoms with Crippen molar-refractivity contribution < 1.29 is 26.1 Å². The van der Waals surface area contributed by atoms with E-state index in [2.05, 4.69) is 35.3 Å². The predicted molar refractivity (Wildman–Crippen MR) is 67.1 cm³/mol. The van der Waals surface area contributed by atoms with Gasteiger partial charge in [-0.2, -0.15) is 0 Å². The summed E-state index contributed by atoms with van der Waals surface area (Å²) >= 11 is 0.797. The van der Waals surface area contributed by atoms with Gasteiger partial charge < -0.3 is 0 Å². The Labute approximate surface area is 120 Å². The molecule has 3 heteroatoms. The van der Waals surface area contributed by atoms with E-state index in [1.165, 1.54) is 38.0 Å². The number of nitrogens with one attached hydrogen (secondary N) is 1. The summed E-state index contributed by atoms with van der Waals surface area (Å²) in [5.41, 5.74) is 4.60. The Morgan fingerprint density at radius 3 is 3.06 bits per heavy atom. The van der Waals surface area contributed by atoms with E-state index < -0.39 is 0 Å². The molecule has 3 rings (SSSR count). The Morgan fingerprint density at radius 2 is 2.35 bits per heavy atom. The van der Waals surface area contributed by atoms with Gasteiger partial charge in [-0.3, -0.25) is 0 Å². The van der Waals surface area contributed by atoms with E-state index in [4.69, 9.17) is 0 Å². The molecular weight excluding hydrogens is 397 g/mol. The molecule has 0 aromatic heterocycles. The Morgan fingerprint density at radius 1 is 1.47 bits per heavy atom. The summed E-state index contributed by atoms with van der Waals surface area (Å²) in [5, 5.41) is 3.56. The second kappa shape index (κ2) is 4.54. The van der Waals surface area contributed by atoms with E-state index in [1.54, 1.807) is 11.3 Å². The van der Waals surface area contributed by atoms with Crippen LogP contribution in [0.4, 0.5) is 5.69 Å². The molecule has 2 aliphatic rings. The molecule has 1 saturated heterocycles. The van der Waals surface area contributed by atoms with Crippen LogP contribution in [0.5, 0.6) is 0 Å². The van der Waals surface area contributed by atoms with Gasteiger partial charge in [0.2, 0.25) is 0 Å². The normalized spacial score (nSPS) is 27.6. The second-order valence-corrected chi connectivity index (χ2v) is 10.5. The van der Waals surface area contributed by atoms with Crippen LogP contribution in [0.15, 0.2) is 18.2 Å². The van der Waals surface area contributed by atoms with Gasteiger partial charge in [-0.1, -0.05) is 0 Å². The molecule has 0 saturated carbocycles. The molecule has 1 atom stereocenters. The van der Waals surface area contributed by atoms with Crippen LogP contribution in [0, 0.1) is 0 Å². The zero-order valence-electron chi connectivity index (χ0n) is 10.6. The summed E-state index contributed by atoms with van der Waals surface area (Å²) in [6.45, 7) is 5.92. The molecule has 1 fully saturated rings.